The van der Waals surface area contributed by atoms with Crippen molar-refractivity contribution in [3.05, 3.63) is 229 Å². The van der Waals surface area contributed by atoms with E-state index in [4.69, 9.17) is 23.8 Å². The van der Waals surface area contributed by atoms with E-state index in [9.17, 15) is 0 Å². The number of rotatable bonds is 7. The Hall–Kier alpha value is -9.17. The second kappa shape index (κ2) is 16.2. The summed E-state index contributed by atoms with van der Waals surface area (Å²) in [6.07, 6.45) is 3.84. The highest BCUT2D eigenvalue weighted by atomic mass is 32.1. The Morgan fingerprint density at radius 2 is 1.13 bits per heavy atom. The molecule has 0 aliphatic heterocycles. The number of thiophene rings is 1. The Balaban J connectivity index is 0.965. The van der Waals surface area contributed by atoms with Crippen LogP contribution in [0.25, 0.3) is 137 Å². The first-order valence-corrected chi connectivity index (χ1v) is 24.5. The average Bonchev–Trinajstić information content (AvgIpc) is 4.20. The van der Waals surface area contributed by atoms with Crippen molar-refractivity contribution in [1.82, 2.24) is 19.5 Å². The molecule has 5 heterocycles. The number of fused-ring (bicyclic) bond motifs is 10. The Bertz CT molecular complexity index is 4620. The standard InChI is InChI=1S/C64H40N4O2S/c1-3-43(64-66-62(38-17-7-5-8-18-38)65-63(67-64)41-28-33-53-50(36-41)46-21-11-14-24-52(46)68(53)42-19-9-6-10-20-42)59-51-35-39(29-34-56(51)69-54(59)4-2)44-31-32-45(61-60(44)49-23-12-15-25-55(49)70-61)40-27-30-48-47-22-13-16-26-57(47)71-58(48)37-40/h3-37H,1H2,2H3/b54-4+,59-43+. The number of allylic oxidation sites excluding steroid dienone is 1. The van der Waals surface area contributed by atoms with Gasteiger partial charge in [-0.15, -0.1) is 11.3 Å². The first-order valence-electron chi connectivity index (χ1n) is 23.7. The van der Waals surface area contributed by atoms with Crippen LogP contribution < -0.4 is 10.6 Å². The third-order valence-corrected chi connectivity index (χ3v) is 15.0. The van der Waals surface area contributed by atoms with Crippen LogP contribution in [0.5, 0.6) is 0 Å². The van der Waals surface area contributed by atoms with Crippen molar-refractivity contribution in [1.29, 1.82) is 0 Å². The van der Waals surface area contributed by atoms with Gasteiger partial charge >= 0.3 is 0 Å². The molecule has 0 spiro atoms. The first-order chi connectivity index (χ1) is 35.1. The summed E-state index contributed by atoms with van der Waals surface area (Å²) in [6.45, 7) is 6.39. The summed E-state index contributed by atoms with van der Waals surface area (Å²) in [7, 11) is 0. The van der Waals surface area contributed by atoms with Crippen molar-refractivity contribution in [2.24, 2.45) is 0 Å². The predicted molar refractivity (Wildman–Crippen MR) is 294 cm³/mol. The van der Waals surface area contributed by atoms with E-state index < -0.39 is 0 Å². The van der Waals surface area contributed by atoms with Gasteiger partial charge in [0.25, 0.3) is 0 Å². The molecule has 0 bridgehead atoms. The van der Waals surface area contributed by atoms with Gasteiger partial charge < -0.3 is 13.4 Å². The predicted octanol–water partition coefficient (Wildman–Crippen LogP) is 15.8. The molecule has 0 fully saturated rings. The SMILES string of the molecule is C=C/C(c1nc(-c2ccccc2)nc(-c2ccc3c(c2)c2ccccc2n3-c2ccccc2)n1)=c1\c(=C/C)oc2ccc(-c3ccc(-c4ccc5c(c4)sc4ccccc45)c4oc5ccccc5c34)cc12. The highest BCUT2D eigenvalue weighted by Gasteiger charge is 2.21. The lowest BCUT2D eigenvalue weighted by Gasteiger charge is -2.10. The molecule has 14 rings (SSSR count). The van der Waals surface area contributed by atoms with Gasteiger partial charge in [0.15, 0.2) is 17.5 Å². The Labute approximate surface area is 411 Å². The molecule has 71 heavy (non-hydrogen) atoms. The normalized spacial score (nSPS) is 12.7. The third-order valence-electron chi connectivity index (χ3n) is 13.8. The van der Waals surface area contributed by atoms with Crippen LogP contribution in [-0.2, 0) is 0 Å². The molecule has 0 unspecified atom stereocenters. The van der Waals surface area contributed by atoms with Gasteiger partial charge in [0.05, 0.1) is 11.0 Å². The van der Waals surface area contributed by atoms with Crippen LogP contribution in [0.2, 0.25) is 0 Å². The maximum absolute atomic E-state index is 6.82. The lowest BCUT2D eigenvalue weighted by molar-refractivity contribution is 0.574. The van der Waals surface area contributed by atoms with Crippen molar-refractivity contribution >= 4 is 97.9 Å². The first kappa shape index (κ1) is 40.9. The van der Waals surface area contributed by atoms with E-state index in [1.54, 1.807) is 0 Å². The monoisotopic (exact) mass is 928 g/mol. The van der Waals surface area contributed by atoms with E-state index in [1.165, 1.54) is 20.2 Å². The Morgan fingerprint density at radius 3 is 1.96 bits per heavy atom. The van der Waals surface area contributed by atoms with E-state index in [1.807, 2.05) is 72.9 Å². The Kier molecular flexibility index (Phi) is 9.34. The maximum atomic E-state index is 6.82. The van der Waals surface area contributed by atoms with Crippen molar-refractivity contribution in [2.45, 2.75) is 6.92 Å². The minimum absolute atomic E-state index is 0.495. The van der Waals surface area contributed by atoms with Gasteiger partial charge in [0.2, 0.25) is 0 Å². The molecule has 6 nitrogen and oxygen atoms in total. The summed E-state index contributed by atoms with van der Waals surface area (Å²) < 4.78 is 18.3. The van der Waals surface area contributed by atoms with E-state index in [-0.39, 0.29) is 0 Å². The lowest BCUT2D eigenvalue weighted by atomic mass is 9.93. The zero-order chi connectivity index (χ0) is 47.2. The van der Waals surface area contributed by atoms with Crippen LogP contribution in [-0.4, -0.2) is 19.5 Å². The number of benzene rings is 9. The number of aromatic nitrogens is 4. The lowest BCUT2D eigenvalue weighted by Crippen LogP contribution is -2.24. The molecule has 0 N–H and O–H groups in total. The molecule has 9 aromatic carbocycles. The molecule has 0 saturated carbocycles. The summed E-state index contributed by atoms with van der Waals surface area (Å²) in [5.41, 5.74) is 13.2. The molecule has 0 aliphatic carbocycles. The van der Waals surface area contributed by atoms with Gasteiger partial charge in [-0.1, -0.05) is 140 Å². The van der Waals surface area contributed by atoms with Gasteiger partial charge in [-0.25, -0.2) is 15.0 Å². The summed E-state index contributed by atoms with van der Waals surface area (Å²) in [5, 5.41) is 8.72. The fourth-order valence-corrected chi connectivity index (χ4v) is 11.7. The third kappa shape index (κ3) is 6.51. The molecule has 5 aromatic heterocycles. The summed E-state index contributed by atoms with van der Waals surface area (Å²) in [4.78, 5) is 15.7. The van der Waals surface area contributed by atoms with E-state index in [2.05, 4.69) is 169 Å². The summed E-state index contributed by atoms with van der Waals surface area (Å²) >= 11 is 1.82. The van der Waals surface area contributed by atoms with Gasteiger partial charge in [-0.2, -0.15) is 0 Å². The number of para-hydroxylation sites is 3. The fourth-order valence-electron chi connectivity index (χ4n) is 10.6. The minimum Gasteiger partial charge on any atom is -0.456 e. The topological polar surface area (TPSA) is 69.9 Å². The highest BCUT2D eigenvalue weighted by Crippen LogP contribution is 2.44. The van der Waals surface area contributed by atoms with Gasteiger partial charge in [-0.3, -0.25) is 0 Å². The van der Waals surface area contributed by atoms with Crippen molar-refractivity contribution in [2.75, 3.05) is 0 Å². The smallest absolute Gasteiger partial charge is 0.164 e. The number of hydrogen-bond donors (Lipinski definition) is 0. The minimum atomic E-state index is 0.495. The summed E-state index contributed by atoms with van der Waals surface area (Å²) in [5.74, 6) is 1.62. The number of furan rings is 2. The zero-order valence-corrected chi connectivity index (χ0v) is 39.2. The van der Waals surface area contributed by atoms with Crippen LogP contribution >= 0.6 is 11.3 Å². The van der Waals surface area contributed by atoms with Crippen LogP contribution in [0.4, 0.5) is 0 Å². The number of nitrogens with zero attached hydrogens (tertiary/aromatic N) is 4. The summed E-state index contributed by atoms with van der Waals surface area (Å²) in [6, 6.07) is 70.2. The molecule has 7 heteroatoms. The van der Waals surface area contributed by atoms with Crippen LogP contribution in [0.1, 0.15) is 12.7 Å². The molecule has 0 radical (unpaired) electrons. The quantitative estimate of drug-likeness (QED) is 0.159. The van der Waals surface area contributed by atoms with E-state index in [0.29, 0.717) is 22.9 Å². The molecule has 0 atom stereocenters. The molecular formula is C64H40N4O2S. The second-order valence-corrected chi connectivity index (χ2v) is 18.9. The van der Waals surface area contributed by atoms with Gasteiger partial charge in [0, 0.05) is 80.3 Å². The maximum Gasteiger partial charge on any atom is 0.164 e. The molecule has 0 saturated heterocycles. The van der Waals surface area contributed by atoms with Crippen LogP contribution in [0, 0.1) is 0 Å². The molecule has 14 aromatic rings. The highest BCUT2D eigenvalue weighted by molar-refractivity contribution is 7.25. The Morgan fingerprint density at radius 1 is 0.493 bits per heavy atom. The molecule has 0 amide bonds. The average molecular weight is 929 g/mol. The molecule has 334 valence electrons. The fraction of sp³-hybridized carbons (Fsp3) is 0.0156. The van der Waals surface area contributed by atoms with E-state index >= 15 is 0 Å². The zero-order valence-electron chi connectivity index (χ0n) is 38.4. The van der Waals surface area contributed by atoms with Gasteiger partial charge in [-0.05, 0) is 102 Å². The van der Waals surface area contributed by atoms with E-state index in [0.717, 1.165) is 105 Å². The van der Waals surface area contributed by atoms with Gasteiger partial charge in [0.1, 0.15) is 22.2 Å². The molecular weight excluding hydrogens is 889 g/mol. The second-order valence-electron chi connectivity index (χ2n) is 17.8. The van der Waals surface area contributed by atoms with Crippen LogP contribution in [0.3, 0.4) is 0 Å². The number of hydrogen-bond acceptors (Lipinski definition) is 6. The van der Waals surface area contributed by atoms with Crippen LogP contribution in [0.15, 0.2) is 222 Å². The largest absolute Gasteiger partial charge is 0.456 e. The van der Waals surface area contributed by atoms with Crippen molar-refractivity contribution in [3.63, 3.8) is 0 Å². The molecule has 0 aliphatic rings. The van der Waals surface area contributed by atoms with Crippen molar-refractivity contribution in [3.8, 4) is 50.7 Å². The van der Waals surface area contributed by atoms with Crippen molar-refractivity contribution < 1.29 is 8.83 Å².